The lowest BCUT2D eigenvalue weighted by Crippen LogP contribution is -2.42. The molecule has 0 aromatic carbocycles. The molecule has 1 saturated heterocycles. The second kappa shape index (κ2) is 11.4. The third-order valence-electron chi connectivity index (χ3n) is 3.17. The number of likely N-dealkylation sites (N-methyl/N-ethyl adjacent to an activating group) is 1. The quantitative estimate of drug-likeness (QED) is 0.282. The lowest BCUT2D eigenvalue weighted by molar-refractivity contribution is -0.127. The summed E-state index contributed by atoms with van der Waals surface area (Å²) in [5.74, 6) is 2.56. The maximum Gasteiger partial charge on any atom is 0.243 e. The molecule has 0 bridgehead atoms. The summed E-state index contributed by atoms with van der Waals surface area (Å²) in [6.45, 7) is 6.20. The number of ether oxygens (including phenoxy) is 1. The molecule has 2 N–H and O–H groups in total. The number of carbonyl (C=O) groups excluding carboxylic acids is 1. The Labute approximate surface area is 137 Å². The number of hydrogen-bond donors (Lipinski definition) is 2. The summed E-state index contributed by atoms with van der Waals surface area (Å²) in [5, 5.41) is 6.51. The molecule has 6 nitrogen and oxygen atoms in total. The molecule has 0 saturated carbocycles. The lowest BCUT2D eigenvalue weighted by atomic mass is 10.2. The molecule has 0 aromatic rings. The van der Waals surface area contributed by atoms with Crippen LogP contribution in [-0.4, -0.2) is 74.7 Å². The van der Waals surface area contributed by atoms with Gasteiger partial charge in [0.1, 0.15) is 6.54 Å². The Hall–Kier alpha value is -1.21. The van der Waals surface area contributed by atoms with E-state index in [1.54, 1.807) is 30.8 Å². The van der Waals surface area contributed by atoms with E-state index in [0.29, 0.717) is 5.96 Å². The Kier molecular flexibility index (Phi) is 9.74. The Morgan fingerprint density at radius 3 is 2.95 bits per heavy atom. The number of amides is 1. The smallest absolute Gasteiger partial charge is 0.243 e. The third kappa shape index (κ3) is 8.29. The molecule has 0 aliphatic carbocycles. The number of hydrogen-bond acceptors (Lipinski definition) is 4. The van der Waals surface area contributed by atoms with Crippen LogP contribution >= 0.6 is 11.8 Å². The molecule has 1 atom stereocenters. The average Bonchev–Trinajstić information content (AvgIpc) is 3.01. The summed E-state index contributed by atoms with van der Waals surface area (Å²) in [6.07, 6.45) is 4.33. The summed E-state index contributed by atoms with van der Waals surface area (Å²) >= 11 is 1.80. The Balaban J connectivity index is 2.38. The fourth-order valence-corrected chi connectivity index (χ4v) is 2.47. The van der Waals surface area contributed by atoms with Crippen LogP contribution < -0.4 is 10.6 Å². The highest BCUT2D eigenvalue weighted by Crippen LogP contribution is 2.10. The van der Waals surface area contributed by atoms with Gasteiger partial charge in [0.05, 0.1) is 6.10 Å². The first-order chi connectivity index (χ1) is 10.6. The predicted octanol–water partition coefficient (Wildman–Crippen LogP) is 0.708. The van der Waals surface area contributed by atoms with Crippen molar-refractivity contribution in [2.45, 2.75) is 18.9 Å². The third-order valence-corrected chi connectivity index (χ3v) is 4.13. The summed E-state index contributed by atoms with van der Waals surface area (Å²) in [6, 6.07) is 0. The summed E-state index contributed by atoms with van der Waals surface area (Å²) in [5.41, 5.74) is 0. The number of rotatable bonds is 9. The highest BCUT2D eigenvalue weighted by molar-refractivity contribution is 7.99. The molecule has 0 aromatic heterocycles. The maximum absolute atomic E-state index is 11.6. The van der Waals surface area contributed by atoms with E-state index in [9.17, 15) is 4.79 Å². The molecule has 7 heteroatoms. The summed E-state index contributed by atoms with van der Waals surface area (Å²) < 4.78 is 5.59. The molecule has 1 aliphatic rings. The molecular formula is C15H28N4O2S. The molecule has 0 radical (unpaired) electrons. The summed E-state index contributed by atoms with van der Waals surface area (Å²) in [7, 11) is 3.47. The molecule has 0 spiro atoms. The average molecular weight is 328 g/mol. The molecule has 1 fully saturated rings. The van der Waals surface area contributed by atoms with Crippen LogP contribution in [0.25, 0.3) is 0 Å². The van der Waals surface area contributed by atoms with Gasteiger partial charge in [-0.2, -0.15) is 11.8 Å². The van der Waals surface area contributed by atoms with Crippen molar-refractivity contribution in [3.8, 4) is 0 Å². The zero-order valence-corrected chi connectivity index (χ0v) is 14.5. The lowest BCUT2D eigenvalue weighted by Gasteiger charge is -2.16. The van der Waals surface area contributed by atoms with Crippen LogP contribution in [0.4, 0.5) is 0 Å². The van der Waals surface area contributed by atoms with E-state index in [0.717, 1.165) is 44.0 Å². The van der Waals surface area contributed by atoms with E-state index in [-0.39, 0.29) is 18.6 Å². The van der Waals surface area contributed by atoms with Gasteiger partial charge >= 0.3 is 0 Å². The van der Waals surface area contributed by atoms with Crippen LogP contribution in [0.1, 0.15) is 12.8 Å². The Morgan fingerprint density at radius 2 is 2.32 bits per heavy atom. The first-order valence-electron chi connectivity index (χ1n) is 7.66. The first-order valence-corrected chi connectivity index (χ1v) is 8.81. The van der Waals surface area contributed by atoms with Crippen molar-refractivity contribution in [1.82, 2.24) is 15.5 Å². The van der Waals surface area contributed by atoms with E-state index >= 15 is 0 Å². The number of nitrogens with one attached hydrogen (secondary N) is 2. The van der Waals surface area contributed by atoms with Gasteiger partial charge in [-0.15, -0.1) is 6.58 Å². The minimum Gasteiger partial charge on any atom is -0.376 e. The zero-order valence-electron chi connectivity index (χ0n) is 13.6. The number of carbonyl (C=O) groups is 1. The van der Waals surface area contributed by atoms with Crippen LogP contribution in [-0.2, 0) is 9.53 Å². The molecule has 1 rings (SSSR count). The number of guanidine groups is 1. The highest BCUT2D eigenvalue weighted by Gasteiger charge is 2.15. The van der Waals surface area contributed by atoms with Crippen molar-refractivity contribution >= 4 is 23.6 Å². The Bertz CT molecular complexity index is 369. The van der Waals surface area contributed by atoms with Crippen LogP contribution in [0, 0.1) is 0 Å². The molecule has 1 amide bonds. The number of nitrogens with zero attached hydrogens (tertiary/aromatic N) is 2. The van der Waals surface area contributed by atoms with Crippen molar-refractivity contribution in [3.05, 3.63) is 12.7 Å². The van der Waals surface area contributed by atoms with Gasteiger partial charge in [0.25, 0.3) is 0 Å². The van der Waals surface area contributed by atoms with Crippen molar-refractivity contribution in [1.29, 1.82) is 0 Å². The molecule has 1 aliphatic heterocycles. The van der Waals surface area contributed by atoms with Gasteiger partial charge in [0, 0.05) is 45.3 Å². The first kappa shape index (κ1) is 18.8. The van der Waals surface area contributed by atoms with E-state index in [4.69, 9.17) is 4.74 Å². The van der Waals surface area contributed by atoms with Crippen LogP contribution in [0.3, 0.4) is 0 Å². The maximum atomic E-state index is 11.6. The molecule has 1 unspecified atom stereocenters. The van der Waals surface area contributed by atoms with E-state index in [2.05, 4.69) is 22.2 Å². The zero-order chi connectivity index (χ0) is 16.2. The molecule has 1 heterocycles. The van der Waals surface area contributed by atoms with Gasteiger partial charge in [0.2, 0.25) is 5.91 Å². The minimum atomic E-state index is -0.0146. The van der Waals surface area contributed by atoms with Gasteiger partial charge in [-0.25, -0.2) is 4.99 Å². The van der Waals surface area contributed by atoms with E-state index < -0.39 is 0 Å². The van der Waals surface area contributed by atoms with Gasteiger partial charge in [-0.3, -0.25) is 4.79 Å². The molecule has 22 heavy (non-hydrogen) atoms. The minimum absolute atomic E-state index is 0.0146. The number of thioether (sulfide) groups is 1. The standard InChI is InChI=1S/C15H28N4O2S/c1-4-9-22-10-7-16-15(18-12-14(20)19(2)3)17-11-13-6-5-8-21-13/h4,13H,1,5-12H2,2-3H3,(H2,16,17,18). The van der Waals surface area contributed by atoms with Crippen molar-refractivity contribution < 1.29 is 9.53 Å². The topological polar surface area (TPSA) is 66.0 Å². The van der Waals surface area contributed by atoms with Crippen molar-refractivity contribution in [3.63, 3.8) is 0 Å². The largest absolute Gasteiger partial charge is 0.376 e. The fraction of sp³-hybridized carbons (Fsp3) is 0.733. The fourth-order valence-electron chi connectivity index (χ4n) is 1.89. The van der Waals surface area contributed by atoms with Crippen molar-refractivity contribution in [2.75, 3.05) is 51.8 Å². The van der Waals surface area contributed by atoms with Gasteiger partial charge < -0.3 is 20.3 Å². The predicted molar refractivity (Wildman–Crippen MR) is 93.5 cm³/mol. The van der Waals surface area contributed by atoms with Gasteiger partial charge in [0.15, 0.2) is 5.96 Å². The molecule has 126 valence electrons. The monoisotopic (exact) mass is 328 g/mol. The van der Waals surface area contributed by atoms with E-state index in [1.165, 1.54) is 0 Å². The second-order valence-electron chi connectivity index (χ2n) is 5.26. The SMILES string of the molecule is C=CCSCCNC(=NCC(=O)N(C)C)NCC1CCCO1. The van der Waals surface area contributed by atoms with Gasteiger partial charge in [-0.1, -0.05) is 6.08 Å². The highest BCUT2D eigenvalue weighted by atomic mass is 32.2. The van der Waals surface area contributed by atoms with Crippen LogP contribution in [0.5, 0.6) is 0 Å². The normalized spacial score (nSPS) is 18.1. The summed E-state index contributed by atoms with van der Waals surface area (Å²) in [4.78, 5) is 17.5. The van der Waals surface area contributed by atoms with Crippen molar-refractivity contribution in [2.24, 2.45) is 4.99 Å². The van der Waals surface area contributed by atoms with E-state index in [1.807, 2.05) is 6.08 Å². The second-order valence-corrected chi connectivity index (χ2v) is 6.41. The number of aliphatic imine (C=N–C) groups is 1. The van der Waals surface area contributed by atoms with Gasteiger partial charge in [-0.05, 0) is 12.8 Å². The molecular weight excluding hydrogens is 300 g/mol. The Morgan fingerprint density at radius 1 is 1.50 bits per heavy atom. The van der Waals surface area contributed by atoms with Crippen LogP contribution in [0.15, 0.2) is 17.6 Å². The van der Waals surface area contributed by atoms with Crippen LogP contribution in [0.2, 0.25) is 0 Å².